The maximum Gasteiger partial charge on any atom is 0.343 e. The molecule has 0 aromatic heterocycles. The van der Waals surface area contributed by atoms with Gasteiger partial charge in [-0.1, -0.05) is 24.3 Å². The summed E-state index contributed by atoms with van der Waals surface area (Å²) in [6.07, 6.45) is -1.12. The number of nitrogens with two attached hydrogens (primary N) is 1. The van der Waals surface area contributed by atoms with Gasteiger partial charge in [0.25, 0.3) is 5.69 Å². The van der Waals surface area contributed by atoms with Gasteiger partial charge in [-0.25, -0.2) is 4.79 Å². The van der Waals surface area contributed by atoms with E-state index in [0.29, 0.717) is 16.9 Å². The van der Waals surface area contributed by atoms with Crippen molar-refractivity contribution in [1.82, 2.24) is 0 Å². The maximum atomic E-state index is 13.1. The third kappa shape index (κ3) is 4.67. The highest BCUT2D eigenvalue weighted by Gasteiger charge is 2.36. The number of hydrogen-bond donors (Lipinski definition) is 1. The second kappa shape index (κ2) is 9.16. The Morgan fingerprint density at radius 2 is 1.79 bits per heavy atom. The van der Waals surface area contributed by atoms with Gasteiger partial charge >= 0.3 is 5.97 Å². The molecule has 0 saturated heterocycles. The molecule has 0 aliphatic carbocycles. The summed E-state index contributed by atoms with van der Waals surface area (Å²) < 4.78 is 12.5. The Kier molecular flexibility index (Phi) is 6.30. The van der Waals surface area contributed by atoms with E-state index in [-0.39, 0.29) is 22.7 Å². The van der Waals surface area contributed by atoms with E-state index in [2.05, 4.69) is 31.9 Å². The van der Waals surface area contributed by atoms with Crippen LogP contribution in [0.25, 0.3) is 5.57 Å². The molecule has 2 N–H and O–H groups in total. The molecule has 4 rings (SSSR count). The second-order valence-electron chi connectivity index (χ2n) is 7.00. The molecule has 1 heterocycles. The Morgan fingerprint density at radius 3 is 2.52 bits per heavy atom. The largest absolute Gasteiger partial charge is 0.462 e. The minimum atomic E-state index is -1.12. The lowest BCUT2D eigenvalue weighted by Crippen LogP contribution is -2.11. The highest BCUT2D eigenvalue weighted by Crippen LogP contribution is 2.37. The zero-order valence-electron chi connectivity index (χ0n) is 16.7. The van der Waals surface area contributed by atoms with Crippen molar-refractivity contribution in [3.8, 4) is 5.75 Å². The summed E-state index contributed by atoms with van der Waals surface area (Å²) in [7, 11) is 0. The molecule has 166 valence electrons. The molecule has 1 aliphatic rings. The highest BCUT2D eigenvalue weighted by atomic mass is 79.9. The number of nitro groups is 1. The van der Waals surface area contributed by atoms with Crippen molar-refractivity contribution in [1.29, 1.82) is 0 Å². The molecule has 3 aromatic rings. The molecule has 0 radical (unpaired) electrons. The molecule has 3 aromatic carbocycles. The summed E-state index contributed by atoms with van der Waals surface area (Å²) in [6, 6.07) is 16.9. The number of esters is 1. The molecule has 0 amide bonds. The normalized spacial score (nSPS) is 15.3. The zero-order chi connectivity index (χ0) is 23.7. The molecule has 1 atom stereocenters. The van der Waals surface area contributed by atoms with Gasteiger partial charge in [0, 0.05) is 26.6 Å². The van der Waals surface area contributed by atoms with Crippen molar-refractivity contribution in [3.05, 3.63) is 108 Å². The molecule has 0 fully saturated rings. The fraction of sp³-hybridized carbons (Fsp3) is 0.0435. The number of non-ortho nitro benzene ring substituents is 1. The van der Waals surface area contributed by atoms with Gasteiger partial charge in [0.1, 0.15) is 5.75 Å². The van der Waals surface area contributed by atoms with Crippen LogP contribution in [0, 0.1) is 10.1 Å². The summed E-state index contributed by atoms with van der Waals surface area (Å²) >= 11 is 6.70. The number of carbonyl (C=O) groups is 2. The molecule has 1 unspecified atom stereocenters. The number of ether oxygens (including phenoxy) is 2. The number of ketones is 1. The Labute approximate surface area is 204 Å². The van der Waals surface area contributed by atoms with Gasteiger partial charge in [-0.15, -0.1) is 0 Å². The number of Topliss-reactive ketones (excluding diaryl/α,β-unsaturated/α-hetero) is 1. The molecular formula is C23H14Br2N2O6. The fourth-order valence-electron chi connectivity index (χ4n) is 3.31. The van der Waals surface area contributed by atoms with E-state index in [1.165, 1.54) is 24.3 Å². The number of carbonyl (C=O) groups excluding carboxylic acids is 2. The van der Waals surface area contributed by atoms with Crippen LogP contribution in [-0.2, 0) is 9.53 Å². The summed E-state index contributed by atoms with van der Waals surface area (Å²) in [4.78, 5) is 36.2. The van der Waals surface area contributed by atoms with E-state index >= 15 is 0 Å². The van der Waals surface area contributed by atoms with E-state index in [9.17, 15) is 19.7 Å². The van der Waals surface area contributed by atoms with Crippen molar-refractivity contribution < 1.29 is 24.0 Å². The third-order valence-electron chi connectivity index (χ3n) is 4.85. The SMILES string of the molecule is NC1=C(c2cccc(C(=O)Oc3ccc(Br)c(Br)c3)c2)C(=O)C(c2cccc([N+](=O)[O-])c2)O1. The van der Waals surface area contributed by atoms with Gasteiger partial charge in [-0.2, -0.15) is 0 Å². The lowest BCUT2D eigenvalue weighted by molar-refractivity contribution is -0.385. The Balaban J connectivity index is 1.58. The lowest BCUT2D eigenvalue weighted by atomic mass is 9.96. The zero-order valence-corrected chi connectivity index (χ0v) is 19.8. The number of halogens is 2. The number of nitrogens with zero attached hydrogens (tertiary/aromatic N) is 1. The van der Waals surface area contributed by atoms with Crippen LogP contribution in [0.5, 0.6) is 5.75 Å². The van der Waals surface area contributed by atoms with Crippen molar-refractivity contribution in [2.24, 2.45) is 5.73 Å². The maximum absolute atomic E-state index is 13.1. The molecule has 0 saturated carbocycles. The summed E-state index contributed by atoms with van der Waals surface area (Å²) in [5.41, 5.74) is 6.80. The number of benzene rings is 3. The lowest BCUT2D eigenvalue weighted by Gasteiger charge is -2.10. The Morgan fingerprint density at radius 1 is 1.03 bits per heavy atom. The van der Waals surface area contributed by atoms with Gasteiger partial charge in [0.15, 0.2) is 12.0 Å². The molecule has 0 bridgehead atoms. The Bertz CT molecular complexity index is 1340. The van der Waals surface area contributed by atoms with E-state index in [4.69, 9.17) is 15.2 Å². The van der Waals surface area contributed by atoms with Crippen LogP contribution in [0.3, 0.4) is 0 Å². The van der Waals surface area contributed by atoms with E-state index in [1.807, 2.05) is 0 Å². The fourth-order valence-corrected chi connectivity index (χ4v) is 3.91. The van der Waals surface area contributed by atoms with Gasteiger partial charge in [0.05, 0.1) is 16.1 Å². The molecule has 33 heavy (non-hydrogen) atoms. The second-order valence-corrected chi connectivity index (χ2v) is 8.71. The van der Waals surface area contributed by atoms with E-state index in [1.54, 1.807) is 42.5 Å². The van der Waals surface area contributed by atoms with Crippen molar-refractivity contribution >= 4 is 54.9 Å². The molecule has 0 spiro atoms. The average Bonchev–Trinajstić information content (AvgIpc) is 3.10. The third-order valence-corrected chi connectivity index (χ3v) is 6.73. The van der Waals surface area contributed by atoms with E-state index in [0.717, 1.165) is 8.95 Å². The van der Waals surface area contributed by atoms with Gasteiger partial charge < -0.3 is 15.2 Å². The minimum absolute atomic E-state index is 0.0903. The van der Waals surface area contributed by atoms with Crippen molar-refractivity contribution in [3.63, 3.8) is 0 Å². The quantitative estimate of drug-likeness (QED) is 0.190. The first kappa shape index (κ1) is 22.7. The number of hydrogen-bond acceptors (Lipinski definition) is 7. The summed E-state index contributed by atoms with van der Waals surface area (Å²) in [5.74, 6) is -0.869. The van der Waals surface area contributed by atoms with Crippen LogP contribution in [-0.4, -0.2) is 16.7 Å². The predicted octanol–water partition coefficient (Wildman–Crippen LogP) is 5.31. The van der Waals surface area contributed by atoms with E-state index < -0.39 is 22.8 Å². The van der Waals surface area contributed by atoms with Gasteiger partial charge in [-0.3, -0.25) is 14.9 Å². The van der Waals surface area contributed by atoms with Gasteiger partial charge in [-0.05, 0) is 67.8 Å². The number of nitro benzene ring substituents is 1. The smallest absolute Gasteiger partial charge is 0.343 e. The molecule has 1 aliphatic heterocycles. The molecular weight excluding hydrogens is 560 g/mol. The number of rotatable bonds is 5. The highest BCUT2D eigenvalue weighted by molar-refractivity contribution is 9.13. The topological polar surface area (TPSA) is 122 Å². The van der Waals surface area contributed by atoms with Gasteiger partial charge in [0.2, 0.25) is 5.78 Å². The van der Waals surface area contributed by atoms with Crippen LogP contribution >= 0.6 is 31.9 Å². The monoisotopic (exact) mass is 572 g/mol. The summed E-state index contributed by atoms with van der Waals surface area (Å²) in [5, 5.41) is 11.1. The first-order valence-electron chi connectivity index (χ1n) is 9.47. The predicted molar refractivity (Wildman–Crippen MR) is 126 cm³/mol. The first-order chi connectivity index (χ1) is 15.7. The standard InChI is InChI=1S/C23H14Br2N2O6/c24-17-8-7-16(11-18(17)25)32-23(29)14-5-1-3-12(9-14)19-20(28)21(33-22(19)26)13-4-2-6-15(10-13)27(30)31/h1-11,21H,26H2. The van der Waals surface area contributed by atoms with Crippen molar-refractivity contribution in [2.75, 3.05) is 0 Å². The minimum Gasteiger partial charge on any atom is -0.462 e. The summed E-state index contributed by atoms with van der Waals surface area (Å²) in [6.45, 7) is 0. The van der Waals surface area contributed by atoms with Crippen LogP contribution in [0.4, 0.5) is 5.69 Å². The van der Waals surface area contributed by atoms with Crippen molar-refractivity contribution in [2.45, 2.75) is 6.10 Å². The van der Waals surface area contributed by atoms with Crippen LogP contribution in [0.15, 0.2) is 81.6 Å². The first-order valence-corrected chi connectivity index (χ1v) is 11.1. The Hall–Kier alpha value is -3.50. The van der Waals surface area contributed by atoms with Crippen LogP contribution < -0.4 is 10.5 Å². The van der Waals surface area contributed by atoms with Crippen LogP contribution in [0.1, 0.15) is 27.6 Å². The van der Waals surface area contributed by atoms with Crippen LogP contribution in [0.2, 0.25) is 0 Å². The average molecular weight is 574 g/mol. The molecule has 8 nitrogen and oxygen atoms in total. The molecule has 10 heteroatoms.